The summed E-state index contributed by atoms with van der Waals surface area (Å²) in [5, 5.41) is 1.45. The summed E-state index contributed by atoms with van der Waals surface area (Å²) >= 11 is 6.06. The maximum absolute atomic E-state index is 12.1. The Bertz CT molecular complexity index is 586. The Balaban J connectivity index is 1.78. The molecule has 0 atom stereocenters. The van der Waals surface area contributed by atoms with Crippen molar-refractivity contribution in [1.29, 1.82) is 0 Å². The number of furan rings is 1. The van der Waals surface area contributed by atoms with Crippen LogP contribution in [0.4, 0.5) is 0 Å². The lowest BCUT2D eigenvalue weighted by atomic mass is 10.1. The summed E-state index contributed by atoms with van der Waals surface area (Å²) in [6.07, 6.45) is 9.02. The first-order chi connectivity index (χ1) is 10.2. The largest absolute Gasteiger partial charge is 0.451 e. The number of hydrogen-bond acceptors (Lipinski definition) is 2. The van der Waals surface area contributed by atoms with E-state index in [1.807, 2.05) is 12.1 Å². The normalized spacial score (nSPS) is 11.1. The minimum Gasteiger partial charge on any atom is -0.451 e. The van der Waals surface area contributed by atoms with Gasteiger partial charge in [-0.05, 0) is 18.6 Å². The summed E-state index contributed by atoms with van der Waals surface area (Å²) < 4.78 is 5.59. The second-order valence-corrected chi connectivity index (χ2v) is 5.97. The Morgan fingerprint density at radius 3 is 2.52 bits per heavy atom. The molecule has 0 fully saturated rings. The highest BCUT2D eigenvalue weighted by atomic mass is 35.5. The van der Waals surface area contributed by atoms with E-state index in [1.165, 1.54) is 32.1 Å². The van der Waals surface area contributed by atoms with Gasteiger partial charge in [-0.25, -0.2) is 0 Å². The molecule has 2 aromatic rings. The Hall–Kier alpha value is -1.28. The van der Waals surface area contributed by atoms with Gasteiger partial charge in [-0.1, -0.05) is 69.2 Å². The van der Waals surface area contributed by atoms with Gasteiger partial charge in [0.05, 0.1) is 5.02 Å². The zero-order chi connectivity index (χ0) is 15.1. The maximum atomic E-state index is 12.1. The number of benzene rings is 1. The molecule has 1 aromatic carbocycles. The molecule has 114 valence electrons. The molecule has 1 heterocycles. The van der Waals surface area contributed by atoms with Gasteiger partial charge in [0.25, 0.3) is 0 Å². The lowest BCUT2D eigenvalue weighted by Gasteiger charge is -2.00. The minimum absolute atomic E-state index is 0.0795. The van der Waals surface area contributed by atoms with Crippen LogP contribution < -0.4 is 0 Å². The topological polar surface area (TPSA) is 30.2 Å². The van der Waals surface area contributed by atoms with Crippen LogP contribution in [0.3, 0.4) is 0 Å². The van der Waals surface area contributed by atoms with Crippen LogP contribution in [0.1, 0.15) is 68.8 Å². The van der Waals surface area contributed by atoms with Crippen molar-refractivity contribution >= 4 is 28.4 Å². The van der Waals surface area contributed by atoms with E-state index in [0.29, 0.717) is 22.8 Å². The van der Waals surface area contributed by atoms with E-state index in [0.717, 1.165) is 18.2 Å². The van der Waals surface area contributed by atoms with Crippen molar-refractivity contribution in [2.75, 3.05) is 0 Å². The molecule has 0 saturated carbocycles. The third-order valence-electron chi connectivity index (χ3n) is 3.78. The Morgan fingerprint density at radius 1 is 1.10 bits per heavy atom. The molecule has 0 N–H and O–H groups in total. The minimum atomic E-state index is 0.0795. The zero-order valence-electron chi connectivity index (χ0n) is 12.7. The highest BCUT2D eigenvalue weighted by Crippen LogP contribution is 2.27. The van der Waals surface area contributed by atoms with E-state index >= 15 is 0 Å². The lowest BCUT2D eigenvalue weighted by molar-refractivity contribution is 0.0954. The molecule has 0 radical (unpaired) electrons. The predicted molar refractivity (Wildman–Crippen MR) is 88.2 cm³/mol. The van der Waals surface area contributed by atoms with E-state index in [9.17, 15) is 4.79 Å². The summed E-state index contributed by atoms with van der Waals surface area (Å²) in [6, 6.07) is 7.35. The average molecular weight is 307 g/mol. The van der Waals surface area contributed by atoms with Gasteiger partial charge in [0.15, 0.2) is 17.1 Å². The summed E-state index contributed by atoms with van der Waals surface area (Å²) in [5.74, 6) is 0.514. The number of carbonyl (C=O) groups is 1. The number of hydrogen-bond donors (Lipinski definition) is 0. The number of unbranched alkanes of at least 4 members (excludes halogenated alkanes) is 6. The zero-order valence-corrected chi connectivity index (χ0v) is 13.4. The number of ketones is 1. The van der Waals surface area contributed by atoms with Crippen LogP contribution in [-0.4, -0.2) is 5.78 Å². The van der Waals surface area contributed by atoms with Gasteiger partial charge in [0.1, 0.15) is 0 Å². The molecule has 0 aliphatic rings. The number of carbonyl (C=O) groups excluding carboxylic acids is 1. The van der Waals surface area contributed by atoms with Crippen molar-refractivity contribution in [3.05, 3.63) is 35.0 Å². The molecule has 0 unspecified atom stereocenters. The fourth-order valence-corrected chi connectivity index (χ4v) is 2.75. The van der Waals surface area contributed by atoms with E-state index < -0.39 is 0 Å². The molecule has 0 bridgehead atoms. The van der Waals surface area contributed by atoms with Crippen LogP contribution in [-0.2, 0) is 0 Å². The first kappa shape index (κ1) is 16.1. The van der Waals surface area contributed by atoms with E-state index in [4.69, 9.17) is 16.0 Å². The molecular weight excluding hydrogens is 284 g/mol. The number of rotatable bonds is 9. The van der Waals surface area contributed by atoms with Crippen molar-refractivity contribution < 1.29 is 9.21 Å². The standard InChI is InChI=1S/C18H23ClO2/c1-2-3-4-5-6-7-8-12-16(20)17-13-14-10-9-11-15(19)18(14)21-17/h9-11,13H,2-8,12H2,1H3. The van der Waals surface area contributed by atoms with Gasteiger partial charge in [0.2, 0.25) is 0 Å². The highest BCUT2D eigenvalue weighted by Gasteiger charge is 2.13. The molecule has 0 aliphatic carbocycles. The Morgan fingerprint density at radius 2 is 1.81 bits per heavy atom. The predicted octanol–water partition coefficient (Wildman–Crippen LogP) is 6.41. The Kier molecular flexibility index (Phi) is 6.31. The van der Waals surface area contributed by atoms with Crippen molar-refractivity contribution in [3.63, 3.8) is 0 Å². The molecule has 1 aromatic heterocycles. The maximum Gasteiger partial charge on any atom is 0.198 e. The first-order valence-corrected chi connectivity index (χ1v) is 8.31. The summed E-state index contributed by atoms with van der Waals surface area (Å²) in [4.78, 5) is 12.1. The molecule has 21 heavy (non-hydrogen) atoms. The third kappa shape index (κ3) is 4.60. The van der Waals surface area contributed by atoms with E-state index in [2.05, 4.69) is 6.92 Å². The molecular formula is C18H23ClO2. The molecule has 0 aliphatic heterocycles. The summed E-state index contributed by atoms with van der Waals surface area (Å²) in [7, 11) is 0. The van der Waals surface area contributed by atoms with Crippen molar-refractivity contribution in [2.45, 2.75) is 58.3 Å². The van der Waals surface area contributed by atoms with Gasteiger partial charge < -0.3 is 4.42 Å². The smallest absolute Gasteiger partial charge is 0.198 e. The van der Waals surface area contributed by atoms with E-state index in [1.54, 1.807) is 12.1 Å². The van der Waals surface area contributed by atoms with Gasteiger partial charge >= 0.3 is 0 Å². The Labute approximate surface area is 131 Å². The van der Waals surface area contributed by atoms with Gasteiger partial charge in [-0.2, -0.15) is 0 Å². The number of Topliss-reactive ketones (excluding diaryl/α,β-unsaturated/α-hetero) is 1. The summed E-state index contributed by atoms with van der Waals surface area (Å²) in [6.45, 7) is 2.22. The van der Waals surface area contributed by atoms with Gasteiger partial charge in [0, 0.05) is 11.8 Å². The van der Waals surface area contributed by atoms with Crippen LogP contribution in [0.15, 0.2) is 28.7 Å². The first-order valence-electron chi connectivity index (χ1n) is 7.93. The fraction of sp³-hybridized carbons (Fsp3) is 0.500. The summed E-state index contributed by atoms with van der Waals surface area (Å²) in [5.41, 5.74) is 0.613. The van der Waals surface area contributed by atoms with Gasteiger partial charge in [-0.3, -0.25) is 4.79 Å². The molecule has 2 rings (SSSR count). The lowest BCUT2D eigenvalue weighted by Crippen LogP contribution is -1.96. The fourth-order valence-electron chi connectivity index (χ4n) is 2.53. The number of halogens is 1. The molecule has 0 amide bonds. The molecule has 0 saturated heterocycles. The number of para-hydroxylation sites is 1. The molecule has 2 nitrogen and oxygen atoms in total. The third-order valence-corrected chi connectivity index (χ3v) is 4.08. The van der Waals surface area contributed by atoms with Crippen molar-refractivity contribution in [1.82, 2.24) is 0 Å². The number of fused-ring (bicyclic) bond motifs is 1. The van der Waals surface area contributed by atoms with E-state index in [-0.39, 0.29) is 5.78 Å². The van der Waals surface area contributed by atoms with Crippen molar-refractivity contribution in [3.8, 4) is 0 Å². The SMILES string of the molecule is CCCCCCCCCC(=O)c1cc2cccc(Cl)c2o1. The van der Waals surface area contributed by atoms with Crippen LogP contribution >= 0.6 is 11.6 Å². The van der Waals surface area contributed by atoms with Crippen LogP contribution in [0.2, 0.25) is 5.02 Å². The highest BCUT2D eigenvalue weighted by molar-refractivity contribution is 6.34. The van der Waals surface area contributed by atoms with Gasteiger partial charge in [-0.15, -0.1) is 0 Å². The second-order valence-electron chi connectivity index (χ2n) is 5.56. The van der Waals surface area contributed by atoms with Crippen molar-refractivity contribution in [2.24, 2.45) is 0 Å². The van der Waals surface area contributed by atoms with Crippen LogP contribution in [0, 0.1) is 0 Å². The molecule has 0 spiro atoms. The monoisotopic (exact) mass is 306 g/mol. The van der Waals surface area contributed by atoms with Crippen LogP contribution in [0.25, 0.3) is 11.0 Å². The quantitative estimate of drug-likeness (QED) is 0.396. The second kappa shape index (κ2) is 8.23. The average Bonchev–Trinajstić information content (AvgIpc) is 2.92. The molecule has 3 heteroatoms. The van der Waals surface area contributed by atoms with Crippen LogP contribution in [0.5, 0.6) is 0 Å².